The summed E-state index contributed by atoms with van der Waals surface area (Å²) in [6.45, 7) is 2.57. The predicted octanol–water partition coefficient (Wildman–Crippen LogP) is 1.53. The average molecular weight is 353 g/mol. The standard InChI is InChI=1S/C18H19N5O3/c1-13-8-16(24)9-18(26)23(13)7-6-17(25)21-15-4-2-14(3-5-15)10-22-12-19-11-20-22/h2-5,8-9,11-12,24H,6-7,10H2,1H3,(H,21,25). The molecule has 8 nitrogen and oxygen atoms in total. The molecule has 0 aliphatic carbocycles. The lowest BCUT2D eigenvalue weighted by atomic mass is 10.2. The van der Waals surface area contributed by atoms with Gasteiger partial charge in [-0.15, -0.1) is 0 Å². The van der Waals surface area contributed by atoms with Gasteiger partial charge in [-0.2, -0.15) is 5.10 Å². The molecule has 0 spiro atoms. The summed E-state index contributed by atoms with van der Waals surface area (Å²) in [5, 5.41) is 16.2. The van der Waals surface area contributed by atoms with Gasteiger partial charge in [-0.3, -0.25) is 9.59 Å². The molecule has 0 aliphatic rings. The topological polar surface area (TPSA) is 102 Å². The van der Waals surface area contributed by atoms with Crippen molar-refractivity contribution in [3.05, 3.63) is 70.7 Å². The minimum atomic E-state index is -0.326. The van der Waals surface area contributed by atoms with Gasteiger partial charge < -0.3 is 15.0 Å². The molecule has 0 unspecified atom stereocenters. The molecule has 26 heavy (non-hydrogen) atoms. The van der Waals surface area contributed by atoms with Gasteiger partial charge in [0.1, 0.15) is 18.4 Å². The third kappa shape index (κ3) is 4.35. The van der Waals surface area contributed by atoms with E-state index in [2.05, 4.69) is 15.4 Å². The van der Waals surface area contributed by atoms with Gasteiger partial charge in [0.05, 0.1) is 6.54 Å². The van der Waals surface area contributed by atoms with E-state index < -0.39 is 0 Å². The number of hydrogen-bond donors (Lipinski definition) is 2. The number of benzene rings is 1. The number of nitrogens with one attached hydrogen (secondary N) is 1. The lowest BCUT2D eigenvalue weighted by Gasteiger charge is -2.10. The van der Waals surface area contributed by atoms with Gasteiger partial charge in [0.2, 0.25) is 5.91 Å². The predicted molar refractivity (Wildman–Crippen MR) is 95.9 cm³/mol. The minimum Gasteiger partial charge on any atom is -0.508 e. The third-order valence-corrected chi connectivity index (χ3v) is 3.93. The number of aromatic hydroxyl groups is 1. The quantitative estimate of drug-likeness (QED) is 0.700. The number of carbonyl (C=O) groups excluding carboxylic acids is 1. The maximum absolute atomic E-state index is 12.1. The molecule has 8 heteroatoms. The molecule has 3 rings (SSSR count). The van der Waals surface area contributed by atoms with Crippen molar-refractivity contribution in [2.24, 2.45) is 0 Å². The zero-order chi connectivity index (χ0) is 18.5. The summed E-state index contributed by atoms with van der Waals surface area (Å²) in [7, 11) is 0. The number of amides is 1. The highest BCUT2D eigenvalue weighted by Gasteiger charge is 2.07. The molecule has 3 aromatic rings. The highest BCUT2D eigenvalue weighted by atomic mass is 16.3. The van der Waals surface area contributed by atoms with Crippen LogP contribution in [0, 0.1) is 6.92 Å². The molecule has 0 saturated heterocycles. The summed E-state index contributed by atoms with van der Waals surface area (Å²) in [4.78, 5) is 27.9. The lowest BCUT2D eigenvalue weighted by Crippen LogP contribution is -2.24. The van der Waals surface area contributed by atoms with E-state index in [0.717, 1.165) is 11.6 Å². The lowest BCUT2D eigenvalue weighted by molar-refractivity contribution is -0.116. The van der Waals surface area contributed by atoms with Gasteiger partial charge >= 0.3 is 0 Å². The maximum Gasteiger partial charge on any atom is 0.254 e. The number of rotatable bonds is 6. The van der Waals surface area contributed by atoms with Gasteiger partial charge in [-0.05, 0) is 30.7 Å². The molecular weight excluding hydrogens is 334 g/mol. The van der Waals surface area contributed by atoms with E-state index >= 15 is 0 Å². The first-order chi connectivity index (χ1) is 12.5. The van der Waals surface area contributed by atoms with Crippen molar-refractivity contribution in [2.75, 3.05) is 5.32 Å². The van der Waals surface area contributed by atoms with Crippen LogP contribution in [-0.2, 0) is 17.9 Å². The molecule has 2 aromatic heterocycles. The first-order valence-electron chi connectivity index (χ1n) is 8.13. The Balaban J connectivity index is 1.56. The zero-order valence-corrected chi connectivity index (χ0v) is 14.3. The Morgan fingerprint density at radius 1 is 1.23 bits per heavy atom. The number of aromatic nitrogens is 4. The second-order valence-electron chi connectivity index (χ2n) is 5.93. The van der Waals surface area contributed by atoms with E-state index in [1.807, 2.05) is 24.3 Å². The SMILES string of the molecule is Cc1cc(O)cc(=O)n1CCC(=O)Nc1ccc(Cn2cncn2)cc1. The van der Waals surface area contributed by atoms with Crippen molar-refractivity contribution in [3.63, 3.8) is 0 Å². The van der Waals surface area contributed by atoms with Crippen molar-refractivity contribution >= 4 is 11.6 Å². The summed E-state index contributed by atoms with van der Waals surface area (Å²) >= 11 is 0. The molecule has 0 aliphatic heterocycles. The van der Waals surface area contributed by atoms with Crippen molar-refractivity contribution in [3.8, 4) is 5.75 Å². The van der Waals surface area contributed by atoms with Gasteiger partial charge in [-0.1, -0.05) is 12.1 Å². The van der Waals surface area contributed by atoms with Crippen LogP contribution in [0.3, 0.4) is 0 Å². The summed E-state index contributed by atoms with van der Waals surface area (Å²) in [6, 6.07) is 10.1. The number of hydrogen-bond acceptors (Lipinski definition) is 5. The molecule has 0 fully saturated rings. The Morgan fingerprint density at radius 3 is 2.65 bits per heavy atom. The molecule has 2 N–H and O–H groups in total. The molecule has 0 atom stereocenters. The van der Waals surface area contributed by atoms with E-state index in [1.54, 1.807) is 17.9 Å². The second-order valence-corrected chi connectivity index (χ2v) is 5.93. The Labute approximate surface area is 149 Å². The normalized spacial score (nSPS) is 10.7. The van der Waals surface area contributed by atoms with Crippen LogP contribution in [0.2, 0.25) is 0 Å². The molecule has 0 radical (unpaired) electrons. The summed E-state index contributed by atoms with van der Waals surface area (Å²) in [6.07, 6.45) is 3.28. The van der Waals surface area contributed by atoms with Gasteiger partial charge in [0.15, 0.2) is 0 Å². The average Bonchev–Trinajstić information content (AvgIpc) is 3.08. The maximum atomic E-state index is 12.1. The molecule has 1 amide bonds. The Morgan fingerprint density at radius 2 is 2.00 bits per heavy atom. The summed E-state index contributed by atoms with van der Waals surface area (Å²) < 4.78 is 3.17. The Bertz CT molecular complexity index is 946. The van der Waals surface area contributed by atoms with Crippen LogP contribution >= 0.6 is 0 Å². The fourth-order valence-electron chi connectivity index (χ4n) is 2.63. The Kier molecular flexibility index (Phi) is 5.12. The van der Waals surface area contributed by atoms with Crippen LogP contribution < -0.4 is 10.9 Å². The van der Waals surface area contributed by atoms with Gasteiger partial charge in [0, 0.05) is 30.4 Å². The van der Waals surface area contributed by atoms with Crippen molar-refractivity contribution in [1.29, 1.82) is 0 Å². The molecular formula is C18H19N5O3. The van der Waals surface area contributed by atoms with E-state index in [0.29, 0.717) is 17.9 Å². The summed E-state index contributed by atoms with van der Waals surface area (Å²) in [5.74, 6) is -0.257. The zero-order valence-electron chi connectivity index (χ0n) is 14.3. The first kappa shape index (κ1) is 17.4. The molecule has 134 valence electrons. The van der Waals surface area contributed by atoms with E-state index in [-0.39, 0.29) is 30.2 Å². The molecule has 2 heterocycles. The van der Waals surface area contributed by atoms with Crippen LogP contribution in [0.1, 0.15) is 17.7 Å². The van der Waals surface area contributed by atoms with Crippen LogP contribution in [0.5, 0.6) is 5.75 Å². The number of anilines is 1. The highest BCUT2D eigenvalue weighted by Crippen LogP contribution is 2.12. The fourth-order valence-corrected chi connectivity index (χ4v) is 2.63. The van der Waals surface area contributed by atoms with Gasteiger partial charge in [0.25, 0.3) is 5.56 Å². The fraction of sp³-hybridized carbons (Fsp3) is 0.222. The monoisotopic (exact) mass is 353 g/mol. The van der Waals surface area contributed by atoms with Gasteiger partial charge in [-0.25, -0.2) is 9.67 Å². The largest absolute Gasteiger partial charge is 0.508 e. The minimum absolute atomic E-state index is 0.0702. The molecule has 0 saturated carbocycles. The van der Waals surface area contributed by atoms with Crippen molar-refractivity contribution < 1.29 is 9.90 Å². The van der Waals surface area contributed by atoms with E-state index in [9.17, 15) is 14.7 Å². The van der Waals surface area contributed by atoms with Crippen LogP contribution in [0.4, 0.5) is 5.69 Å². The number of aryl methyl sites for hydroxylation is 1. The van der Waals surface area contributed by atoms with Crippen LogP contribution in [0.15, 0.2) is 53.8 Å². The summed E-state index contributed by atoms with van der Waals surface area (Å²) in [5.41, 5.74) is 2.01. The highest BCUT2D eigenvalue weighted by molar-refractivity contribution is 5.90. The van der Waals surface area contributed by atoms with Crippen molar-refractivity contribution in [2.45, 2.75) is 26.4 Å². The van der Waals surface area contributed by atoms with Crippen LogP contribution in [-0.4, -0.2) is 30.3 Å². The first-order valence-corrected chi connectivity index (χ1v) is 8.13. The number of pyridine rings is 1. The van der Waals surface area contributed by atoms with Crippen LogP contribution in [0.25, 0.3) is 0 Å². The van der Waals surface area contributed by atoms with Crippen molar-refractivity contribution in [1.82, 2.24) is 19.3 Å². The smallest absolute Gasteiger partial charge is 0.254 e. The number of carbonyl (C=O) groups is 1. The van der Waals surface area contributed by atoms with E-state index in [1.165, 1.54) is 17.0 Å². The Hall–Kier alpha value is -3.42. The third-order valence-electron chi connectivity index (χ3n) is 3.93. The van der Waals surface area contributed by atoms with E-state index in [4.69, 9.17) is 0 Å². The number of nitrogens with zero attached hydrogens (tertiary/aromatic N) is 4. The second kappa shape index (κ2) is 7.64. The molecule has 0 bridgehead atoms. The molecule has 1 aromatic carbocycles.